The second-order valence-corrected chi connectivity index (χ2v) is 8.51. The Hall–Kier alpha value is -1.93. The van der Waals surface area contributed by atoms with Crippen LogP contribution in [-0.2, 0) is 16.6 Å². The van der Waals surface area contributed by atoms with Gasteiger partial charge in [0.05, 0.1) is 4.34 Å². The molecule has 1 aromatic carbocycles. The maximum atomic E-state index is 12.2. The number of rotatable bonds is 6. The number of ether oxygens (including phenoxy) is 1. The monoisotopic (exact) mass is 380 g/mol. The van der Waals surface area contributed by atoms with E-state index in [1.54, 1.807) is 42.6 Å². The first-order chi connectivity index (χ1) is 11.5. The number of sulfonamides is 1. The number of hydrogen-bond donors (Lipinski definition) is 1. The molecule has 124 valence electrons. The molecule has 0 saturated carbocycles. The Morgan fingerprint density at radius 3 is 2.71 bits per heavy atom. The molecular weight excluding hydrogens is 368 g/mol. The first-order valence-corrected chi connectivity index (χ1v) is 9.63. The zero-order valence-corrected chi connectivity index (χ0v) is 14.7. The Labute approximate surface area is 148 Å². The van der Waals surface area contributed by atoms with Gasteiger partial charge in [-0.2, -0.15) is 0 Å². The third-order valence-electron chi connectivity index (χ3n) is 3.04. The van der Waals surface area contributed by atoms with Gasteiger partial charge < -0.3 is 4.74 Å². The molecule has 0 amide bonds. The summed E-state index contributed by atoms with van der Waals surface area (Å²) >= 11 is 6.80. The molecule has 1 N–H and O–H groups in total. The molecule has 2 aromatic heterocycles. The normalized spacial score (nSPS) is 11.4. The molecule has 24 heavy (non-hydrogen) atoms. The fourth-order valence-electron chi connectivity index (χ4n) is 1.94. The SMILES string of the molecule is O=S(=O)(NCc1cccc(Oc2ccccn2)c1)c1ccc(Cl)s1. The standard InChI is InChI=1S/C16H13ClN2O3S2/c17-14-7-8-16(23-14)24(20,21)19-11-12-4-3-5-13(10-12)22-15-6-1-2-9-18-15/h1-10,19H,11H2. The molecule has 3 rings (SSSR count). The van der Waals surface area contributed by atoms with Crippen molar-refractivity contribution in [3.05, 3.63) is 70.7 Å². The molecule has 0 aliphatic heterocycles. The maximum absolute atomic E-state index is 12.2. The minimum atomic E-state index is -3.58. The lowest BCUT2D eigenvalue weighted by molar-refractivity contribution is 0.462. The summed E-state index contributed by atoms with van der Waals surface area (Å²) in [7, 11) is -3.58. The lowest BCUT2D eigenvalue weighted by atomic mass is 10.2. The van der Waals surface area contributed by atoms with Crippen molar-refractivity contribution in [3.8, 4) is 11.6 Å². The fourth-order valence-corrected chi connectivity index (χ4v) is 4.48. The van der Waals surface area contributed by atoms with E-state index in [1.165, 1.54) is 6.07 Å². The topological polar surface area (TPSA) is 68.3 Å². The molecule has 3 aromatic rings. The number of nitrogens with zero attached hydrogens (tertiary/aromatic N) is 1. The fraction of sp³-hybridized carbons (Fsp3) is 0.0625. The van der Waals surface area contributed by atoms with E-state index >= 15 is 0 Å². The second kappa shape index (κ2) is 7.31. The molecule has 0 aliphatic rings. The van der Waals surface area contributed by atoms with Gasteiger partial charge in [-0.25, -0.2) is 18.1 Å². The van der Waals surface area contributed by atoms with E-state index in [9.17, 15) is 8.42 Å². The van der Waals surface area contributed by atoms with Gasteiger partial charge >= 0.3 is 0 Å². The average Bonchev–Trinajstić information content (AvgIpc) is 3.02. The van der Waals surface area contributed by atoms with Gasteiger partial charge in [0.2, 0.25) is 15.9 Å². The molecule has 0 bridgehead atoms. The van der Waals surface area contributed by atoms with E-state index in [0.29, 0.717) is 16.0 Å². The van der Waals surface area contributed by atoms with Crippen LogP contribution < -0.4 is 9.46 Å². The number of aromatic nitrogens is 1. The number of pyridine rings is 1. The molecule has 2 heterocycles. The number of thiophene rings is 1. The van der Waals surface area contributed by atoms with E-state index < -0.39 is 10.0 Å². The first kappa shape index (κ1) is 16.9. The van der Waals surface area contributed by atoms with E-state index in [2.05, 4.69) is 9.71 Å². The highest BCUT2D eigenvalue weighted by molar-refractivity contribution is 7.91. The zero-order valence-electron chi connectivity index (χ0n) is 12.3. The molecule has 0 saturated heterocycles. The van der Waals surface area contributed by atoms with E-state index in [0.717, 1.165) is 16.9 Å². The van der Waals surface area contributed by atoms with Crippen LogP contribution in [0.2, 0.25) is 4.34 Å². The quantitative estimate of drug-likeness (QED) is 0.700. The van der Waals surface area contributed by atoms with Crippen molar-refractivity contribution in [1.82, 2.24) is 9.71 Å². The first-order valence-electron chi connectivity index (χ1n) is 6.96. The summed E-state index contributed by atoms with van der Waals surface area (Å²) in [6.07, 6.45) is 1.64. The minimum absolute atomic E-state index is 0.150. The number of hydrogen-bond acceptors (Lipinski definition) is 5. The van der Waals surface area contributed by atoms with Crippen LogP contribution in [0.15, 0.2) is 65.0 Å². The number of nitrogens with one attached hydrogen (secondary N) is 1. The van der Waals surface area contributed by atoms with E-state index in [4.69, 9.17) is 16.3 Å². The van der Waals surface area contributed by atoms with Crippen molar-refractivity contribution in [2.75, 3.05) is 0 Å². The summed E-state index contributed by atoms with van der Waals surface area (Å²) in [5, 5.41) is 0. The van der Waals surface area contributed by atoms with Gasteiger partial charge in [0.1, 0.15) is 9.96 Å². The third kappa shape index (κ3) is 4.33. The predicted molar refractivity (Wildman–Crippen MR) is 94.1 cm³/mol. The molecule has 8 heteroatoms. The largest absolute Gasteiger partial charge is 0.439 e. The summed E-state index contributed by atoms with van der Waals surface area (Å²) in [6, 6.07) is 15.6. The summed E-state index contributed by atoms with van der Waals surface area (Å²) in [6.45, 7) is 0.150. The van der Waals surface area contributed by atoms with Crippen molar-refractivity contribution in [1.29, 1.82) is 0 Å². The van der Waals surface area contributed by atoms with Crippen molar-refractivity contribution in [3.63, 3.8) is 0 Å². The summed E-state index contributed by atoms with van der Waals surface area (Å²) < 4.78 is 33.2. The van der Waals surface area contributed by atoms with Crippen LogP contribution in [0.1, 0.15) is 5.56 Å². The number of halogens is 1. The average molecular weight is 381 g/mol. The molecule has 0 unspecified atom stereocenters. The highest BCUT2D eigenvalue weighted by atomic mass is 35.5. The molecule has 5 nitrogen and oxygen atoms in total. The zero-order chi connectivity index (χ0) is 17.0. The van der Waals surface area contributed by atoms with Crippen LogP contribution in [0.25, 0.3) is 0 Å². The smallest absolute Gasteiger partial charge is 0.250 e. The van der Waals surface area contributed by atoms with Crippen LogP contribution in [-0.4, -0.2) is 13.4 Å². The molecule has 0 radical (unpaired) electrons. The molecule has 0 spiro atoms. The maximum Gasteiger partial charge on any atom is 0.250 e. The molecule has 0 fully saturated rings. The van der Waals surface area contributed by atoms with Crippen LogP contribution >= 0.6 is 22.9 Å². The van der Waals surface area contributed by atoms with Crippen LogP contribution in [0.3, 0.4) is 0 Å². The molecular formula is C16H13ClN2O3S2. The third-order valence-corrected chi connectivity index (χ3v) is 6.16. The molecule has 0 atom stereocenters. The lowest BCUT2D eigenvalue weighted by Crippen LogP contribution is -2.22. The van der Waals surface area contributed by atoms with Crippen LogP contribution in [0, 0.1) is 0 Å². The Morgan fingerprint density at radius 2 is 2.00 bits per heavy atom. The summed E-state index contributed by atoms with van der Waals surface area (Å²) in [4.78, 5) is 4.09. The minimum Gasteiger partial charge on any atom is -0.439 e. The lowest BCUT2D eigenvalue weighted by Gasteiger charge is -2.08. The number of benzene rings is 1. The van der Waals surface area contributed by atoms with Gasteiger partial charge in [-0.05, 0) is 35.9 Å². The summed E-state index contributed by atoms with van der Waals surface area (Å²) in [5.41, 5.74) is 0.773. The Bertz CT molecular complexity index is 927. The Balaban J connectivity index is 1.69. The van der Waals surface area contributed by atoms with Gasteiger partial charge in [0, 0.05) is 18.8 Å². The predicted octanol–water partition coefficient (Wildman–Crippen LogP) is 4.07. The van der Waals surface area contributed by atoms with Crippen molar-refractivity contribution < 1.29 is 13.2 Å². The van der Waals surface area contributed by atoms with Gasteiger partial charge in [0.15, 0.2) is 0 Å². The van der Waals surface area contributed by atoms with E-state index in [-0.39, 0.29) is 10.8 Å². The van der Waals surface area contributed by atoms with Crippen molar-refractivity contribution in [2.45, 2.75) is 10.8 Å². The summed E-state index contributed by atoms with van der Waals surface area (Å²) in [5.74, 6) is 1.06. The molecule has 0 aliphatic carbocycles. The Kier molecular flexibility index (Phi) is 5.15. The second-order valence-electron chi connectivity index (χ2n) is 4.80. The van der Waals surface area contributed by atoms with Crippen LogP contribution in [0.5, 0.6) is 11.6 Å². The van der Waals surface area contributed by atoms with Crippen LogP contribution in [0.4, 0.5) is 0 Å². The highest BCUT2D eigenvalue weighted by Crippen LogP contribution is 2.26. The van der Waals surface area contributed by atoms with Crippen molar-refractivity contribution in [2.24, 2.45) is 0 Å². The van der Waals surface area contributed by atoms with Gasteiger partial charge in [-0.3, -0.25) is 0 Å². The highest BCUT2D eigenvalue weighted by Gasteiger charge is 2.16. The van der Waals surface area contributed by atoms with Gasteiger partial charge in [0.25, 0.3) is 0 Å². The van der Waals surface area contributed by atoms with E-state index in [1.807, 2.05) is 12.1 Å². The van der Waals surface area contributed by atoms with Gasteiger partial charge in [-0.1, -0.05) is 29.8 Å². The van der Waals surface area contributed by atoms with Crippen molar-refractivity contribution >= 4 is 33.0 Å². The van der Waals surface area contributed by atoms with Gasteiger partial charge in [-0.15, -0.1) is 11.3 Å². The Morgan fingerprint density at radius 1 is 1.12 bits per heavy atom.